The van der Waals surface area contributed by atoms with E-state index in [1.807, 2.05) is 12.1 Å². The van der Waals surface area contributed by atoms with E-state index in [4.69, 9.17) is 11.6 Å². The highest BCUT2D eigenvalue weighted by Gasteiger charge is 2.07. The summed E-state index contributed by atoms with van der Waals surface area (Å²) in [5, 5.41) is 5.95. The molecule has 0 aliphatic heterocycles. The Morgan fingerprint density at radius 1 is 1.25 bits per heavy atom. The second-order valence-electron chi connectivity index (χ2n) is 4.29. The molecule has 0 fully saturated rings. The maximum Gasteiger partial charge on any atom is 0.268 e. The highest BCUT2D eigenvalue weighted by atomic mass is 35.5. The van der Waals surface area contributed by atoms with Gasteiger partial charge in [-0.05, 0) is 23.8 Å². The monoisotopic (exact) mass is 291 g/mol. The first-order chi connectivity index (χ1) is 9.54. The van der Waals surface area contributed by atoms with Crippen molar-refractivity contribution in [2.45, 2.75) is 13.5 Å². The zero-order chi connectivity index (χ0) is 14.5. The molecule has 1 aromatic heterocycles. The van der Waals surface area contributed by atoms with Crippen LogP contribution in [0.15, 0.2) is 36.5 Å². The smallest absolute Gasteiger partial charge is 0.268 e. The van der Waals surface area contributed by atoms with Gasteiger partial charge >= 0.3 is 0 Å². The van der Waals surface area contributed by atoms with Crippen LogP contribution in [0.3, 0.4) is 0 Å². The second-order valence-corrected chi connectivity index (χ2v) is 4.73. The fourth-order valence-corrected chi connectivity index (χ4v) is 1.85. The van der Waals surface area contributed by atoms with Crippen LogP contribution in [-0.4, -0.2) is 16.8 Å². The number of halogens is 1. The maximum atomic E-state index is 11.8. The molecule has 2 amide bonds. The largest absolute Gasteiger partial charge is 0.356 e. The molecule has 2 rings (SSSR count). The molecule has 1 heterocycles. The topological polar surface area (TPSA) is 74.0 Å². The normalized spacial score (nSPS) is 10.1. The van der Waals surface area contributed by atoms with Crippen LogP contribution < -0.4 is 10.6 Å². The zero-order valence-corrected chi connectivity index (χ0v) is 11.6. The molecule has 3 N–H and O–H groups in total. The number of carbonyl (C=O) groups excluding carboxylic acids is 2. The summed E-state index contributed by atoms with van der Waals surface area (Å²) in [6.07, 6.45) is 1.55. The van der Waals surface area contributed by atoms with E-state index in [-0.39, 0.29) is 11.8 Å². The number of aromatic nitrogens is 1. The molecule has 104 valence electrons. The Kier molecular flexibility index (Phi) is 4.42. The first-order valence-electron chi connectivity index (χ1n) is 6.03. The van der Waals surface area contributed by atoms with Crippen LogP contribution in [0.1, 0.15) is 23.0 Å². The second kappa shape index (κ2) is 6.25. The van der Waals surface area contributed by atoms with Crippen molar-refractivity contribution in [1.29, 1.82) is 0 Å². The van der Waals surface area contributed by atoms with Gasteiger partial charge in [-0.25, -0.2) is 0 Å². The Balaban J connectivity index is 1.90. The molecule has 6 heteroatoms. The molecule has 0 aliphatic carbocycles. The molecule has 0 saturated carbocycles. The predicted molar refractivity (Wildman–Crippen MR) is 77.7 cm³/mol. The standard InChI is InChI=1S/C14H14ClN3O2/c1-9(19)18-12-4-2-10(3-5-12)7-17-14(20)13-6-11(15)8-16-13/h2-6,8,16H,7H2,1H3,(H,17,20)(H,18,19). The molecule has 0 bridgehead atoms. The first kappa shape index (κ1) is 14.1. The first-order valence-corrected chi connectivity index (χ1v) is 6.41. The third-order valence-corrected chi connectivity index (χ3v) is 2.84. The molecule has 0 aliphatic rings. The SMILES string of the molecule is CC(=O)Nc1ccc(CNC(=O)c2cc(Cl)c[nH]2)cc1. The average molecular weight is 292 g/mol. The van der Waals surface area contributed by atoms with Gasteiger partial charge in [0.2, 0.25) is 5.91 Å². The molecule has 0 spiro atoms. The molecule has 0 unspecified atom stereocenters. The van der Waals surface area contributed by atoms with Crippen molar-refractivity contribution in [2.24, 2.45) is 0 Å². The van der Waals surface area contributed by atoms with Crippen LogP contribution in [0, 0.1) is 0 Å². The van der Waals surface area contributed by atoms with E-state index >= 15 is 0 Å². The van der Waals surface area contributed by atoms with E-state index in [9.17, 15) is 9.59 Å². The Bertz CT molecular complexity index is 620. The third kappa shape index (κ3) is 3.86. The molecule has 2 aromatic rings. The van der Waals surface area contributed by atoms with Gasteiger partial charge in [-0.15, -0.1) is 0 Å². The van der Waals surface area contributed by atoms with Gasteiger partial charge < -0.3 is 15.6 Å². The number of carbonyl (C=O) groups is 2. The average Bonchev–Trinajstić information content (AvgIpc) is 2.84. The fraction of sp³-hybridized carbons (Fsp3) is 0.143. The predicted octanol–water partition coefficient (Wildman–Crippen LogP) is 2.56. The van der Waals surface area contributed by atoms with E-state index in [0.29, 0.717) is 17.3 Å². The van der Waals surface area contributed by atoms with Crippen molar-refractivity contribution < 1.29 is 9.59 Å². The van der Waals surface area contributed by atoms with Gasteiger partial charge in [0.1, 0.15) is 5.69 Å². The molecular formula is C14H14ClN3O2. The van der Waals surface area contributed by atoms with Gasteiger partial charge in [-0.1, -0.05) is 23.7 Å². The van der Waals surface area contributed by atoms with E-state index in [2.05, 4.69) is 15.6 Å². The minimum atomic E-state index is -0.220. The van der Waals surface area contributed by atoms with E-state index < -0.39 is 0 Å². The number of anilines is 1. The maximum absolute atomic E-state index is 11.8. The van der Waals surface area contributed by atoms with E-state index in [1.165, 1.54) is 6.92 Å². The van der Waals surface area contributed by atoms with Crippen molar-refractivity contribution in [3.8, 4) is 0 Å². The number of hydrogen-bond donors (Lipinski definition) is 3. The van der Waals surface area contributed by atoms with Crippen molar-refractivity contribution >= 4 is 29.1 Å². The Hall–Kier alpha value is -2.27. The van der Waals surface area contributed by atoms with Gasteiger partial charge in [-0.2, -0.15) is 0 Å². The zero-order valence-electron chi connectivity index (χ0n) is 10.9. The van der Waals surface area contributed by atoms with Crippen LogP contribution in [0.4, 0.5) is 5.69 Å². The Morgan fingerprint density at radius 2 is 1.95 bits per heavy atom. The molecule has 5 nitrogen and oxygen atoms in total. The lowest BCUT2D eigenvalue weighted by Crippen LogP contribution is -2.23. The Labute approximate surface area is 121 Å². The minimum absolute atomic E-state index is 0.116. The van der Waals surface area contributed by atoms with Crippen LogP contribution in [-0.2, 0) is 11.3 Å². The number of nitrogens with one attached hydrogen (secondary N) is 3. The summed E-state index contributed by atoms with van der Waals surface area (Å²) in [6.45, 7) is 1.85. The summed E-state index contributed by atoms with van der Waals surface area (Å²) in [4.78, 5) is 25.5. The summed E-state index contributed by atoms with van der Waals surface area (Å²) in [6, 6.07) is 8.82. The molecule has 0 radical (unpaired) electrons. The van der Waals surface area contributed by atoms with Crippen LogP contribution in [0.2, 0.25) is 5.02 Å². The summed E-state index contributed by atoms with van der Waals surface area (Å²) in [7, 11) is 0. The van der Waals surface area contributed by atoms with Crippen LogP contribution >= 0.6 is 11.6 Å². The van der Waals surface area contributed by atoms with Crippen molar-refractivity contribution in [3.63, 3.8) is 0 Å². The van der Waals surface area contributed by atoms with E-state index in [0.717, 1.165) is 11.3 Å². The Morgan fingerprint density at radius 3 is 2.50 bits per heavy atom. The summed E-state index contributed by atoms with van der Waals surface area (Å²) in [5.41, 5.74) is 2.08. The summed E-state index contributed by atoms with van der Waals surface area (Å²) < 4.78 is 0. The van der Waals surface area contributed by atoms with Crippen LogP contribution in [0.25, 0.3) is 0 Å². The van der Waals surface area contributed by atoms with E-state index in [1.54, 1.807) is 24.4 Å². The number of H-pyrrole nitrogens is 1. The fourth-order valence-electron chi connectivity index (χ4n) is 1.69. The van der Waals surface area contributed by atoms with Gasteiger partial charge in [0, 0.05) is 25.4 Å². The molecule has 1 aromatic carbocycles. The lowest BCUT2D eigenvalue weighted by molar-refractivity contribution is -0.114. The van der Waals surface area contributed by atoms with Crippen LogP contribution in [0.5, 0.6) is 0 Å². The molecular weight excluding hydrogens is 278 g/mol. The minimum Gasteiger partial charge on any atom is -0.356 e. The summed E-state index contributed by atoms with van der Waals surface area (Å²) >= 11 is 5.73. The third-order valence-electron chi connectivity index (χ3n) is 2.62. The van der Waals surface area contributed by atoms with Crippen molar-refractivity contribution in [2.75, 3.05) is 5.32 Å². The van der Waals surface area contributed by atoms with Gasteiger partial charge in [0.05, 0.1) is 5.02 Å². The lowest BCUT2D eigenvalue weighted by Gasteiger charge is -2.06. The number of hydrogen-bond acceptors (Lipinski definition) is 2. The van der Waals surface area contributed by atoms with Gasteiger partial charge in [0.25, 0.3) is 5.91 Å². The highest BCUT2D eigenvalue weighted by molar-refractivity contribution is 6.30. The number of rotatable bonds is 4. The lowest BCUT2D eigenvalue weighted by atomic mass is 10.2. The number of aromatic amines is 1. The molecule has 20 heavy (non-hydrogen) atoms. The highest BCUT2D eigenvalue weighted by Crippen LogP contribution is 2.11. The quantitative estimate of drug-likeness (QED) is 0.810. The van der Waals surface area contributed by atoms with Crippen molar-refractivity contribution in [1.82, 2.24) is 10.3 Å². The number of amides is 2. The van der Waals surface area contributed by atoms with Gasteiger partial charge in [-0.3, -0.25) is 9.59 Å². The van der Waals surface area contributed by atoms with Crippen molar-refractivity contribution in [3.05, 3.63) is 52.8 Å². The summed E-state index contributed by atoms with van der Waals surface area (Å²) in [5.74, 6) is -0.336. The molecule has 0 atom stereocenters. The van der Waals surface area contributed by atoms with Gasteiger partial charge in [0.15, 0.2) is 0 Å². The number of benzene rings is 1. The molecule has 0 saturated heterocycles.